The van der Waals surface area contributed by atoms with Crippen molar-refractivity contribution < 1.29 is 4.74 Å². The Kier molecular flexibility index (Phi) is 4.08. The predicted molar refractivity (Wildman–Crippen MR) is 103 cm³/mol. The van der Waals surface area contributed by atoms with Crippen molar-refractivity contribution in [3.8, 4) is 11.3 Å². The molecule has 1 fully saturated rings. The summed E-state index contributed by atoms with van der Waals surface area (Å²) in [5.41, 5.74) is 9.89. The molecule has 7 nitrogen and oxygen atoms in total. The van der Waals surface area contributed by atoms with Crippen LogP contribution in [-0.4, -0.2) is 46.1 Å². The van der Waals surface area contributed by atoms with E-state index in [2.05, 4.69) is 23.7 Å². The van der Waals surface area contributed by atoms with Crippen LogP contribution in [0.5, 0.6) is 0 Å². The van der Waals surface area contributed by atoms with Gasteiger partial charge < -0.3 is 20.8 Å². The monoisotopic (exact) mass is 350 g/mol. The lowest BCUT2D eigenvalue weighted by atomic mass is 10.1. The molecule has 26 heavy (non-hydrogen) atoms. The van der Waals surface area contributed by atoms with Crippen LogP contribution in [0.25, 0.3) is 16.9 Å². The summed E-state index contributed by atoms with van der Waals surface area (Å²) in [5, 5.41) is 12.2. The first kappa shape index (κ1) is 16.5. The van der Waals surface area contributed by atoms with Gasteiger partial charge in [-0.25, -0.2) is 9.50 Å². The van der Waals surface area contributed by atoms with Crippen LogP contribution < -0.4 is 10.6 Å². The zero-order chi connectivity index (χ0) is 18.3. The second kappa shape index (κ2) is 6.42. The van der Waals surface area contributed by atoms with Crippen molar-refractivity contribution in [2.45, 2.75) is 26.1 Å². The van der Waals surface area contributed by atoms with Crippen LogP contribution >= 0.6 is 0 Å². The van der Waals surface area contributed by atoms with Crippen molar-refractivity contribution in [3.63, 3.8) is 0 Å². The molecule has 0 amide bonds. The van der Waals surface area contributed by atoms with Gasteiger partial charge in [0.25, 0.3) is 0 Å². The number of rotatable bonds is 3. The number of imidazole rings is 1. The van der Waals surface area contributed by atoms with Crippen LogP contribution in [-0.2, 0) is 4.74 Å². The van der Waals surface area contributed by atoms with Crippen molar-refractivity contribution in [1.29, 1.82) is 5.41 Å². The molecule has 0 radical (unpaired) electrons. The number of hydrogen-bond acceptors (Lipinski definition) is 6. The maximum atomic E-state index is 7.38. The third-order valence-electron chi connectivity index (χ3n) is 4.63. The zero-order valence-electron chi connectivity index (χ0n) is 14.9. The van der Waals surface area contributed by atoms with Crippen molar-refractivity contribution in [2.75, 3.05) is 23.7 Å². The van der Waals surface area contributed by atoms with E-state index in [-0.39, 0.29) is 12.2 Å². The maximum Gasteiger partial charge on any atom is 0.154 e. The molecule has 1 aliphatic rings. The predicted octanol–water partition coefficient (Wildman–Crippen LogP) is 2.59. The lowest BCUT2D eigenvalue weighted by molar-refractivity contribution is -0.00551. The smallest absolute Gasteiger partial charge is 0.154 e. The van der Waals surface area contributed by atoms with Crippen molar-refractivity contribution in [3.05, 3.63) is 42.1 Å². The van der Waals surface area contributed by atoms with Gasteiger partial charge in [-0.1, -0.05) is 12.1 Å². The minimum atomic E-state index is 0.173. The summed E-state index contributed by atoms with van der Waals surface area (Å²) < 4.78 is 7.66. The van der Waals surface area contributed by atoms with E-state index in [9.17, 15) is 0 Å². The van der Waals surface area contributed by atoms with E-state index in [0.29, 0.717) is 11.3 Å². The fourth-order valence-corrected chi connectivity index (χ4v) is 3.46. The van der Waals surface area contributed by atoms with E-state index in [1.807, 2.05) is 34.8 Å². The molecule has 2 aromatic heterocycles. The highest BCUT2D eigenvalue weighted by atomic mass is 16.5. The fraction of sp³-hybridized carbons (Fsp3) is 0.316. The number of nitrogens with two attached hydrogens (primary N) is 1. The van der Waals surface area contributed by atoms with Crippen LogP contribution in [0, 0.1) is 5.41 Å². The Morgan fingerprint density at radius 2 is 1.96 bits per heavy atom. The number of ether oxygens (including phenoxy) is 1. The minimum absolute atomic E-state index is 0.173. The summed E-state index contributed by atoms with van der Waals surface area (Å²) in [6, 6.07) is 9.62. The third kappa shape index (κ3) is 2.90. The van der Waals surface area contributed by atoms with Crippen LogP contribution in [0.3, 0.4) is 0 Å². The fourth-order valence-electron chi connectivity index (χ4n) is 3.46. The molecule has 1 saturated heterocycles. The molecule has 0 unspecified atom stereocenters. The Bertz CT molecular complexity index is 956. The van der Waals surface area contributed by atoms with Gasteiger partial charge in [0.15, 0.2) is 5.65 Å². The molecule has 7 heteroatoms. The molecule has 3 N–H and O–H groups in total. The Balaban J connectivity index is 1.75. The van der Waals surface area contributed by atoms with Gasteiger partial charge in [-0.05, 0) is 32.0 Å². The van der Waals surface area contributed by atoms with Gasteiger partial charge in [0.1, 0.15) is 5.82 Å². The first-order chi connectivity index (χ1) is 12.5. The zero-order valence-corrected chi connectivity index (χ0v) is 14.9. The summed E-state index contributed by atoms with van der Waals surface area (Å²) in [6.45, 7) is 5.79. The molecule has 0 saturated carbocycles. The van der Waals surface area contributed by atoms with E-state index in [4.69, 9.17) is 21.0 Å². The molecule has 3 aromatic rings. The lowest BCUT2D eigenvalue weighted by Crippen LogP contribution is -2.46. The summed E-state index contributed by atoms with van der Waals surface area (Å²) in [4.78, 5) is 6.70. The molecular formula is C19H22N6O. The van der Waals surface area contributed by atoms with Crippen molar-refractivity contribution >= 4 is 23.4 Å². The summed E-state index contributed by atoms with van der Waals surface area (Å²) in [7, 11) is 0. The van der Waals surface area contributed by atoms with Gasteiger partial charge in [0, 0.05) is 36.1 Å². The topological polar surface area (TPSA) is 92.5 Å². The number of fused-ring (bicyclic) bond motifs is 1. The van der Waals surface area contributed by atoms with Gasteiger partial charge in [-0.15, -0.1) is 5.10 Å². The average molecular weight is 350 g/mol. The molecule has 4 rings (SSSR count). The van der Waals surface area contributed by atoms with E-state index < -0.39 is 0 Å². The summed E-state index contributed by atoms with van der Waals surface area (Å²) in [5.74, 6) is 0.905. The van der Waals surface area contributed by atoms with Crippen LogP contribution in [0.15, 0.2) is 36.5 Å². The highest BCUT2D eigenvalue weighted by Gasteiger charge is 2.23. The maximum absolute atomic E-state index is 7.38. The molecule has 2 atom stereocenters. The normalized spacial score (nSPS) is 20.5. The number of nitrogens with zero attached hydrogens (tertiary/aromatic N) is 4. The number of nitrogens with one attached hydrogen (secondary N) is 1. The number of aromatic nitrogens is 3. The highest BCUT2D eigenvalue weighted by molar-refractivity contribution is 5.86. The van der Waals surface area contributed by atoms with E-state index in [0.717, 1.165) is 35.8 Å². The van der Waals surface area contributed by atoms with E-state index >= 15 is 0 Å². The van der Waals surface area contributed by atoms with E-state index in [1.54, 1.807) is 6.20 Å². The second-order valence-electron chi connectivity index (χ2n) is 6.76. The van der Waals surface area contributed by atoms with Gasteiger partial charge in [-0.2, -0.15) is 0 Å². The summed E-state index contributed by atoms with van der Waals surface area (Å²) in [6.07, 6.45) is 3.40. The summed E-state index contributed by atoms with van der Waals surface area (Å²) >= 11 is 0. The van der Waals surface area contributed by atoms with E-state index in [1.165, 1.54) is 6.21 Å². The number of morpholine rings is 1. The Labute approximate surface area is 151 Å². The van der Waals surface area contributed by atoms with Crippen LogP contribution in [0.2, 0.25) is 0 Å². The molecule has 0 spiro atoms. The van der Waals surface area contributed by atoms with Gasteiger partial charge in [0.05, 0.1) is 24.1 Å². The molecule has 1 aliphatic heterocycles. The Morgan fingerprint density at radius 3 is 2.65 bits per heavy atom. The number of hydrogen-bond donors (Lipinski definition) is 2. The quantitative estimate of drug-likeness (QED) is 0.559. The highest BCUT2D eigenvalue weighted by Crippen LogP contribution is 2.25. The molecule has 134 valence electrons. The van der Waals surface area contributed by atoms with Gasteiger partial charge in [-0.3, -0.25) is 0 Å². The molecule has 3 heterocycles. The van der Waals surface area contributed by atoms with Gasteiger partial charge in [0.2, 0.25) is 0 Å². The van der Waals surface area contributed by atoms with Crippen molar-refractivity contribution in [2.24, 2.45) is 0 Å². The number of nitrogen functional groups attached to an aromatic ring is 1. The van der Waals surface area contributed by atoms with Crippen LogP contribution in [0.1, 0.15) is 19.4 Å². The average Bonchev–Trinajstić information content (AvgIpc) is 3.04. The Hall–Kier alpha value is -2.93. The molecule has 1 aromatic carbocycles. The molecule has 0 aliphatic carbocycles. The SMILES string of the molecule is C[C@@H]1CN(c2ccc3ncc(-c4ccc(C=N)c(N)c4)n3n2)C[C@H](C)O1. The largest absolute Gasteiger partial charge is 0.398 e. The molecule has 0 bridgehead atoms. The first-order valence-electron chi connectivity index (χ1n) is 8.70. The minimum Gasteiger partial charge on any atom is -0.398 e. The van der Waals surface area contributed by atoms with Crippen molar-refractivity contribution in [1.82, 2.24) is 14.6 Å². The second-order valence-corrected chi connectivity index (χ2v) is 6.76. The number of anilines is 2. The standard InChI is InChI=1S/C19H22N6O/c1-12-10-24(11-13(2)26-12)19-6-5-18-22-9-17(25(18)23-19)14-3-4-15(8-20)16(21)7-14/h3-9,12-13,20H,10-11,21H2,1-2H3/t12-,13+. The van der Waals surface area contributed by atoms with Crippen LogP contribution in [0.4, 0.5) is 11.5 Å². The third-order valence-corrected chi connectivity index (χ3v) is 4.63. The molecular weight excluding hydrogens is 328 g/mol. The first-order valence-corrected chi connectivity index (χ1v) is 8.70. The lowest BCUT2D eigenvalue weighted by Gasteiger charge is -2.35. The van der Waals surface area contributed by atoms with Gasteiger partial charge >= 0.3 is 0 Å². The number of benzene rings is 1. The Morgan fingerprint density at radius 1 is 1.19 bits per heavy atom.